The number of benzene rings is 2. The minimum atomic E-state index is -3.35. The molecule has 3 aromatic rings. The second-order valence-electron chi connectivity index (χ2n) is 6.43. The van der Waals surface area contributed by atoms with Crippen molar-refractivity contribution >= 4 is 38.2 Å². The van der Waals surface area contributed by atoms with E-state index in [2.05, 4.69) is 4.98 Å². The fourth-order valence-electron chi connectivity index (χ4n) is 3.22. The third kappa shape index (κ3) is 2.93. The van der Waals surface area contributed by atoms with Crippen LogP contribution in [0.5, 0.6) is 0 Å². The zero-order chi connectivity index (χ0) is 18.5. The fourth-order valence-corrected chi connectivity index (χ4v) is 4.97. The van der Waals surface area contributed by atoms with Crippen LogP contribution in [0.25, 0.3) is 10.9 Å². The molecule has 0 aliphatic carbocycles. The molecule has 0 spiro atoms. The largest absolute Gasteiger partial charge is 0.351 e. The minimum absolute atomic E-state index is 0.0103. The van der Waals surface area contributed by atoms with Crippen LogP contribution >= 0.6 is 11.6 Å². The van der Waals surface area contributed by atoms with Gasteiger partial charge in [0.2, 0.25) is 0 Å². The monoisotopic (exact) mass is 390 g/mol. The molecular formula is C19H16ClFN2O2S. The Balaban J connectivity index is 1.82. The van der Waals surface area contributed by atoms with Crippen LogP contribution in [0.15, 0.2) is 47.4 Å². The number of sulfone groups is 1. The maximum atomic E-state index is 13.9. The van der Waals surface area contributed by atoms with Gasteiger partial charge in [0, 0.05) is 24.5 Å². The van der Waals surface area contributed by atoms with Gasteiger partial charge in [-0.1, -0.05) is 29.8 Å². The first-order chi connectivity index (χ1) is 12.3. The number of aromatic nitrogens is 1. The summed E-state index contributed by atoms with van der Waals surface area (Å²) in [5.74, 6) is 0.184. The Morgan fingerprint density at radius 2 is 1.96 bits per heavy atom. The molecule has 2 heterocycles. The topological polar surface area (TPSA) is 50.3 Å². The number of rotatable bonds is 1. The summed E-state index contributed by atoms with van der Waals surface area (Å²) in [6.07, 6.45) is 0. The number of hydrogen-bond acceptors (Lipinski definition) is 4. The van der Waals surface area contributed by atoms with Crippen molar-refractivity contribution in [1.82, 2.24) is 4.98 Å². The molecule has 0 saturated heterocycles. The third-order valence-corrected chi connectivity index (χ3v) is 6.75. The smallest absolute Gasteiger partial charge is 0.180 e. The van der Waals surface area contributed by atoms with Gasteiger partial charge in [0.05, 0.1) is 21.2 Å². The zero-order valence-corrected chi connectivity index (χ0v) is 15.6. The van der Waals surface area contributed by atoms with Crippen molar-refractivity contribution in [2.45, 2.75) is 18.4 Å². The number of aryl methyl sites for hydroxylation is 1. The second-order valence-corrected chi connectivity index (χ2v) is 8.91. The lowest BCUT2D eigenvalue weighted by Crippen LogP contribution is -2.26. The van der Waals surface area contributed by atoms with Crippen LogP contribution in [0.1, 0.15) is 11.1 Å². The van der Waals surface area contributed by atoms with Crippen LogP contribution in [-0.4, -0.2) is 25.7 Å². The first-order valence-corrected chi connectivity index (χ1v) is 10.2. The highest BCUT2D eigenvalue weighted by Crippen LogP contribution is 2.31. The fraction of sp³-hybridized carbons (Fsp3) is 0.211. The molecule has 0 bridgehead atoms. The van der Waals surface area contributed by atoms with Crippen LogP contribution in [0.4, 0.5) is 10.2 Å². The van der Waals surface area contributed by atoms with Crippen molar-refractivity contribution in [3.63, 3.8) is 0 Å². The summed E-state index contributed by atoms with van der Waals surface area (Å²) >= 11 is 6.40. The summed E-state index contributed by atoms with van der Waals surface area (Å²) in [6, 6.07) is 11.7. The minimum Gasteiger partial charge on any atom is -0.351 e. The molecule has 0 fully saturated rings. The molecule has 0 N–H and O–H groups in total. The normalized spacial score (nSPS) is 16.3. The first kappa shape index (κ1) is 17.2. The predicted octanol–water partition coefficient (Wildman–Crippen LogP) is 4.13. The average molecular weight is 391 g/mol. The van der Waals surface area contributed by atoms with Crippen LogP contribution in [0.2, 0.25) is 5.02 Å². The molecule has 0 radical (unpaired) electrons. The molecule has 1 aliphatic rings. The molecule has 4 rings (SSSR count). The van der Waals surface area contributed by atoms with Crippen LogP contribution in [0, 0.1) is 12.7 Å². The summed E-state index contributed by atoms with van der Waals surface area (Å²) in [5, 5.41) is 1.14. The van der Waals surface area contributed by atoms with Crippen molar-refractivity contribution in [3.8, 4) is 0 Å². The van der Waals surface area contributed by atoms with Gasteiger partial charge in [-0.3, -0.25) is 0 Å². The molecule has 2 aromatic carbocycles. The molecule has 134 valence electrons. The summed E-state index contributed by atoms with van der Waals surface area (Å²) < 4.78 is 39.0. The number of halogens is 2. The first-order valence-electron chi connectivity index (χ1n) is 8.17. The van der Waals surface area contributed by atoms with E-state index in [4.69, 9.17) is 11.6 Å². The lowest BCUT2D eigenvalue weighted by molar-refractivity contribution is 0.596. The average Bonchev–Trinajstić information content (AvgIpc) is 2.73. The number of anilines is 1. The van der Waals surface area contributed by atoms with E-state index in [0.717, 1.165) is 5.56 Å². The van der Waals surface area contributed by atoms with E-state index in [-0.39, 0.29) is 11.6 Å². The second kappa shape index (κ2) is 6.21. The van der Waals surface area contributed by atoms with E-state index < -0.39 is 9.84 Å². The molecular weight excluding hydrogens is 375 g/mol. The molecule has 4 nitrogen and oxygen atoms in total. The van der Waals surface area contributed by atoms with Gasteiger partial charge < -0.3 is 4.90 Å². The predicted molar refractivity (Wildman–Crippen MR) is 101 cm³/mol. The van der Waals surface area contributed by atoms with E-state index in [9.17, 15) is 12.8 Å². The number of fused-ring (bicyclic) bond motifs is 2. The van der Waals surface area contributed by atoms with Gasteiger partial charge in [-0.05, 0) is 36.2 Å². The van der Waals surface area contributed by atoms with Gasteiger partial charge in [-0.2, -0.15) is 0 Å². The lowest BCUT2D eigenvalue weighted by Gasteiger charge is -2.22. The Hall–Kier alpha value is -2.18. The zero-order valence-electron chi connectivity index (χ0n) is 14.0. The van der Waals surface area contributed by atoms with E-state index in [0.29, 0.717) is 45.3 Å². The molecule has 26 heavy (non-hydrogen) atoms. The van der Waals surface area contributed by atoms with Crippen LogP contribution in [0.3, 0.4) is 0 Å². The van der Waals surface area contributed by atoms with Gasteiger partial charge in [-0.15, -0.1) is 0 Å². The van der Waals surface area contributed by atoms with Crippen molar-refractivity contribution in [2.75, 3.05) is 17.2 Å². The molecule has 7 heteroatoms. The SMILES string of the molecule is Cc1cc2c(Cl)cc(N3CCS(=O)(=O)c4ccccc4C3)nc2cc1F. The van der Waals surface area contributed by atoms with Crippen LogP contribution < -0.4 is 4.90 Å². The van der Waals surface area contributed by atoms with E-state index >= 15 is 0 Å². The van der Waals surface area contributed by atoms with Crippen molar-refractivity contribution < 1.29 is 12.8 Å². The van der Waals surface area contributed by atoms with Gasteiger partial charge in [0.15, 0.2) is 9.84 Å². The Morgan fingerprint density at radius 1 is 1.19 bits per heavy atom. The molecule has 1 aromatic heterocycles. The van der Waals surface area contributed by atoms with E-state index in [1.54, 1.807) is 37.3 Å². The lowest BCUT2D eigenvalue weighted by atomic mass is 10.1. The van der Waals surface area contributed by atoms with E-state index in [1.165, 1.54) is 6.07 Å². The standard InChI is InChI=1S/C19H16ClFN2O2S/c1-12-8-14-15(20)9-19(22-17(14)10-16(12)21)23-6-7-26(24,25)18-5-3-2-4-13(18)11-23/h2-5,8-10H,6-7,11H2,1H3. The Bertz CT molecular complexity index is 1130. The Labute approximate surface area is 156 Å². The number of pyridine rings is 1. The summed E-state index contributed by atoms with van der Waals surface area (Å²) in [4.78, 5) is 6.76. The summed E-state index contributed by atoms with van der Waals surface area (Å²) in [6.45, 7) is 2.37. The van der Waals surface area contributed by atoms with Gasteiger partial charge in [0.25, 0.3) is 0 Å². The van der Waals surface area contributed by atoms with Gasteiger partial charge in [-0.25, -0.2) is 17.8 Å². The molecule has 0 amide bonds. The van der Waals surface area contributed by atoms with Crippen molar-refractivity contribution in [1.29, 1.82) is 0 Å². The molecule has 0 unspecified atom stereocenters. The quantitative estimate of drug-likeness (QED) is 0.627. The van der Waals surface area contributed by atoms with Gasteiger partial charge in [0.1, 0.15) is 11.6 Å². The maximum Gasteiger partial charge on any atom is 0.180 e. The number of nitrogens with zero attached hydrogens (tertiary/aromatic N) is 2. The molecule has 0 saturated carbocycles. The van der Waals surface area contributed by atoms with Crippen LogP contribution in [-0.2, 0) is 16.4 Å². The maximum absolute atomic E-state index is 13.9. The van der Waals surface area contributed by atoms with Gasteiger partial charge >= 0.3 is 0 Å². The highest BCUT2D eigenvalue weighted by molar-refractivity contribution is 7.91. The Kier molecular flexibility index (Phi) is 4.12. The third-order valence-electron chi connectivity index (χ3n) is 4.65. The number of hydrogen-bond donors (Lipinski definition) is 0. The highest BCUT2D eigenvalue weighted by Gasteiger charge is 2.26. The van der Waals surface area contributed by atoms with E-state index in [1.807, 2.05) is 11.0 Å². The molecule has 0 atom stereocenters. The van der Waals surface area contributed by atoms with Crippen molar-refractivity contribution in [2.24, 2.45) is 0 Å². The Morgan fingerprint density at radius 3 is 2.77 bits per heavy atom. The summed E-state index contributed by atoms with van der Waals surface area (Å²) in [7, 11) is -3.35. The molecule has 1 aliphatic heterocycles. The highest BCUT2D eigenvalue weighted by atomic mass is 35.5. The summed E-state index contributed by atoms with van der Waals surface area (Å²) in [5.41, 5.74) is 1.68. The van der Waals surface area contributed by atoms with Crippen molar-refractivity contribution in [3.05, 3.63) is 64.4 Å².